The second-order valence-corrected chi connectivity index (χ2v) is 10.6. The maximum Gasteiger partial charge on any atom is 0.228 e. The van der Waals surface area contributed by atoms with E-state index in [1.165, 1.54) is 0 Å². The van der Waals surface area contributed by atoms with E-state index in [1.807, 2.05) is 31.1 Å². The van der Waals surface area contributed by atoms with E-state index >= 15 is 0 Å². The van der Waals surface area contributed by atoms with Crippen molar-refractivity contribution in [2.75, 3.05) is 45.2 Å². The zero-order valence-corrected chi connectivity index (χ0v) is 18.3. The van der Waals surface area contributed by atoms with Gasteiger partial charge in [-0.15, -0.1) is 0 Å². The number of carbonyl (C=O) groups excluding carboxylic acids is 2. The lowest BCUT2D eigenvalue weighted by atomic mass is 10.1. The van der Waals surface area contributed by atoms with Crippen LogP contribution in [0.1, 0.15) is 24.0 Å². The molecule has 2 aliphatic rings. The number of nitrogens with zero attached hydrogens (tertiary/aromatic N) is 4. The van der Waals surface area contributed by atoms with Gasteiger partial charge in [-0.05, 0) is 38.2 Å². The summed E-state index contributed by atoms with van der Waals surface area (Å²) in [5.41, 5.74) is 1.48. The van der Waals surface area contributed by atoms with Crippen molar-refractivity contribution in [1.82, 2.24) is 14.7 Å². The average molecular weight is 433 g/mol. The number of rotatable bonds is 7. The highest BCUT2D eigenvalue weighted by Gasteiger charge is 2.42. The van der Waals surface area contributed by atoms with Crippen molar-refractivity contribution in [2.24, 2.45) is 5.92 Å². The molecule has 162 valence electrons. The van der Waals surface area contributed by atoms with Crippen molar-refractivity contribution in [3.63, 3.8) is 0 Å². The molecule has 1 aromatic rings. The minimum Gasteiger partial charge on any atom is -0.338 e. The van der Waals surface area contributed by atoms with Crippen molar-refractivity contribution in [1.29, 1.82) is 5.26 Å². The average Bonchev–Trinajstić information content (AvgIpc) is 3.26. The van der Waals surface area contributed by atoms with Crippen LogP contribution in [0.15, 0.2) is 24.3 Å². The summed E-state index contributed by atoms with van der Waals surface area (Å²) in [6.07, 6.45) is 0.575. The molecule has 0 radical (unpaired) electrons. The first-order chi connectivity index (χ1) is 14.2. The zero-order chi connectivity index (χ0) is 21.9. The Morgan fingerprint density at radius 2 is 1.93 bits per heavy atom. The number of benzene rings is 1. The smallest absolute Gasteiger partial charge is 0.228 e. The standard InChI is InChI=1S/C21H28N4O4S/c1-23(2)8-9-24(13-17-5-3-16(12-22)4-6-17)21(27)18-11-20(26)25(14-18)19-7-10-30(28,29)15-19/h3-6,18-19H,7-11,13-15H2,1-2H3/t18-,19+/m1/s1. The van der Waals surface area contributed by atoms with Crippen molar-refractivity contribution in [3.05, 3.63) is 35.4 Å². The minimum absolute atomic E-state index is 0.00473. The lowest BCUT2D eigenvalue weighted by Crippen LogP contribution is -2.42. The molecule has 3 rings (SSSR count). The van der Waals surface area contributed by atoms with Gasteiger partial charge in [-0.1, -0.05) is 12.1 Å². The largest absolute Gasteiger partial charge is 0.338 e. The van der Waals surface area contributed by atoms with Crippen LogP contribution in [-0.4, -0.2) is 86.2 Å². The molecule has 0 N–H and O–H groups in total. The van der Waals surface area contributed by atoms with E-state index in [-0.39, 0.29) is 42.3 Å². The second kappa shape index (κ2) is 9.14. The van der Waals surface area contributed by atoms with Gasteiger partial charge in [0.25, 0.3) is 0 Å². The molecule has 2 saturated heterocycles. The molecule has 1 aromatic carbocycles. The van der Waals surface area contributed by atoms with Crippen molar-refractivity contribution in [2.45, 2.75) is 25.4 Å². The molecule has 2 fully saturated rings. The molecule has 0 spiro atoms. The Balaban J connectivity index is 1.70. The van der Waals surface area contributed by atoms with Gasteiger partial charge in [0.2, 0.25) is 11.8 Å². The van der Waals surface area contributed by atoms with Gasteiger partial charge in [-0.25, -0.2) is 8.42 Å². The molecular formula is C21H28N4O4S. The fourth-order valence-corrected chi connectivity index (χ4v) is 5.75. The summed E-state index contributed by atoms with van der Waals surface area (Å²) in [6.45, 7) is 1.90. The molecule has 2 heterocycles. The van der Waals surface area contributed by atoms with Crippen LogP contribution in [0.25, 0.3) is 0 Å². The highest BCUT2D eigenvalue weighted by Crippen LogP contribution is 2.27. The molecule has 2 atom stereocenters. The molecule has 2 amide bonds. The maximum atomic E-state index is 13.3. The predicted molar refractivity (Wildman–Crippen MR) is 112 cm³/mol. The Hall–Kier alpha value is -2.44. The molecule has 0 aliphatic carbocycles. The van der Waals surface area contributed by atoms with E-state index in [1.54, 1.807) is 21.9 Å². The van der Waals surface area contributed by atoms with Gasteiger partial charge in [0.15, 0.2) is 9.84 Å². The first-order valence-corrected chi connectivity index (χ1v) is 11.9. The summed E-state index contributed by atoms with van der Waals surface area (Å²) in [7, 11) is 0.780. The Kier molecular flexibility index (Phi) is 6.78. The van der Waals surface area contributed by atoms with E-state index in [0.29, 0.717) is 31.6 Å². The summed E-state index contributed by atoms with van der Waals surface area (Å²) < 4.78 is 23.6. The first kappa shape index (κ1) is 22.2. The topological polar surface area (TPSA) is 102 Å². The molecule has 30 heavy (non-hydrogen) atoms. The van der Waals surface area contributed by atoms with Gasteiger partial charge in [0.05, 0.1) is 29.1 Å². The molecule has 8 nitrogen and oxygen atoms in total. The van der Waals surface area contributed by atoms with Gasteiger partial charge in [0.1, 0.15) is 0 Å². The number of sulfone groups is 1. The molecule has 0 aromatic heterocycles. The van der Waals surface area contributed by atoms with E-state index in [0.717, 1.165) is 5.56 Å². The Labute approximate surface area is 178 Å². The third-order valence-electron chi connectivity index (χ3n) is 5.74. The van der Waals surface area contributed by atoms with E-state index in [9.17, 15) is 18.0 Å². The molecule has 0 unspecified atom stereocenters. The van der Waals surface area contributed by atoms with Gasteiger partial charge in [-0.3, -0.25) is 9.59 Å². The number of likely N-dealkylation sites (N-methyl/N-ethyl adjacent to an activating group) is 1. The van der Waals surface area contributed by atoms with Gasteiger partial charge >= 0.3 is 0 Å². The van der Waals surface area contributed by atoms with E-state index in [4.69, 9.17) is 5.26 Å². The third kappa shape index (κ3) is 5.37. The molecule has 2 aliphatic heterocycles. The van der Waals surface area contributed by atoms with Crippen molar-refractivity contribution in [3.8, 4) is 6.07 Å². The number of amides is 2. The van der Waals surface area contributed by atoms with Crippen molar-refractivity contribution >= 4 is 21.7 Å². The Morgan fingerprint density at radius 3 is 2.50 bits per heavy atom. The quantitative estimate of drug-likeness (QED) is 0.621. The maximum absolute atomic E-state index is 13.3. The summed E-state index contributed by atoms with van der Waals surface area (Å²) >= 11 is 0. The SMILES string of the molecule is CN(C)CCN(Cc1ccc(C#N)cc1)C(=O)[C@@H]1CC(=O)N([C@H]2CCS(=O)(=O)C2)C1. The second-order valence-electron chi connectivity index (χ2n) is 8.38. The highest BCUT2D eigenvalue weighted by molar-refractivity contribution is 7.91. The molecule has 0 saturated carbocycles. The minimum atomic E-state index is -3.09. The van der Waals surface area contributed by atoms with Crippen LogP contribution in [0, 0.1) is 17.2 Å². The fraction of sp³-hybridized carbons (Fsp3) is 0.571. The zero-order valence-electron chi connectivity index (χ0n) is 17.5. The summed E-state index contributed by atoms with van der Waals surface area (Å²) in [5.74, 6) is -0.580. The fourth-order valence-electron chi connectivity index (χ4n) is 4.02. The Morgan fingerprint density at radius 1 is 1.23 bits per heavy atom. The summed E-state index contributed by atoms with van der Waals surface area (Å²) in [6, 6.07) is 8.90. The number of hydrogen-bond donors (Lipinski definition) is 0. The third-order valence-corrected chi connectivity index (χ3v) is 7.49. The summed E-state index contributed by atoms with van der Waals surface area (Å²) in [5, 5.41) is 8.97. The van der Waals surface area contributed by atoms with Gasteiger partial charge < -0.3 is 14.7 Å². The summed E-state index contributed by atoms with van der Waals surface area (Å²) in [4.78, 5) is 31.2. The monoisotopic (exact) mass is 432 g/mol. The van der Waals surface area contributed by atoms with Crippen LogP contribution in [-0.2, 0) is 26.0 Å². The number of carbonyl (C=O) groups is 2. The number of nitriles is 1. The molecule has 9 heteroatoms. The highest BCUT2D eigenvalue weighted by atomic mass is 32.2. The van der Waals surface area contributed by atoms with Crippen LogP contribution < -0.4 is 0 Å². The molecule has 0 bridgehead atoms. The van der Waals surface area contributed by atoms with E-state index < -0.39 is 15.8 Å². The lowest BCUT2D eigenvalue weighted by molar-refractivity contribution is -0.136. The normalized spacial score (nSPS) is 23.0. The van der Waals surface area contributed by atoms with Crippen LogP contribution in [0.3, 0.4) is 0 Å². The first-order valence-electron chi connectivity index (χ1n) is 10.1. The van der Waals surface area contributed by atoms with Crippen LogP contribution in [0.4, 0.5) is 0 Å². The lowest BCUT2D eigenvalue weighted by Gasteiger charge is -2.28. The van der Waals surface area contributed by atoms with Crippen molar-refractivity contribution < 1.29 is 18.0 Å². The number of likely N-dealkylation sites (tertiary alicyclic amines) is 1. The Bertz CT molecular complexity index is 937. The van der Waals surface area contributed by atoms with E-state index in [2.05, 4.69) is 6.07 Å². The van der Waals surface area contributed by atoms with Crippen LogP contribution >= 0.6 is 0 Å². The van der Waals surface area contributed by atoms with Gasteiger partial charge in [-0.2, -0.15) is 5.26 Å². The number of hydrogen-bond acceptors (Lipinski definition) is 6. The molecular weight excluding hydrogens is 404 g/mol. The van der Waals surface area contributed by atoms with Crippen LogP contribution in [0.2, 0.25) is 0 Å². The van der Waals surface area contributed by atoms with Crippen LogP contribution in [0.5, 0.6) is 0 Å². The van der Waals surface area contributed by atoms with Gasteiger partial charge in [0, 0.05) is 38.6 Å². The predicted octanol–water partition coefficient (Wildman–Crippen LogP) is 0.484.